The molecule has 0 saturated carbocycles. The van der Waals surface area contributed by atoms with Crippen LogP contribution in [0.5, 0.6) is 0 Å². The van der Waals surface area contributed by atoms with Gasteiger partial charge in [-0.1, -0.05) is 280 Å². The maximum absolute atomic E-state index is 4.69. The standard InChI is InChI=1S/2C18H24NSi.2C15H18NSi.4C14H16NSi.4Ir/c2*1-14(2)11-16-12-17(15-9-7-6-8-10-15)19-13-18(16)20(3,4)5;2*1-12-10-14(13-8-6-5-7-9-13)16-11-15(12)17(2,3)4;4*1-16(2,3)14-10-5-4-8-12(14)13-9-6-7-11-15-13;;;;/h2*6-9,12-14H,11H2,1-5H3;2*5-8,10-11H,1-4H3;4*4-7,9-11H,1-3H3;;;;/q8*-1;;;;. The summed E-state index contributed by atoms with van der Waals surface area (Å²) in [6, 6.07) is 116. The molecule has 16 rings (SSSR count). The van der Waals surface area contributed by atoms with E-state index in [1.54, 1.807) is 0 Å². The minimum Gasteiger partial charge on any atom is -0.305 e. The second-order valence-electron chi connectivity index (χ2n) is 44.2. The van der Waals surface area contributed by atoms with Gasteiger partial charge >= 0.3 is 0 Å². The van der Waals surface area contributed by atoms with Gasteiger partial charge in [0.2, 0.25) is 0 Å². The third-order valence-electron chi connectivity index (χ3n) is 23.0. The third kappa shape index (κ3) is 38.9. The number of aromatic nitrogens is 8. The van der Waals surface area contributed by atoms with Gasteiger partial charge in [0, 0.05) is 162 Å². The Kier molecular flexibility index (Phi) is 50.0. The van der Waals surface area contributed by atoms with Gasteiger partial charge in [0.1, 0.15) is 0 Å². The Morgan fingerprint density at radius 1 is 0.204 bits per heavy atom. The van der Waals surface area contributed by atoms with Crippen LogP contribution in [0.2, 0.25) is 157 Å². The molecule has 0 unspecified atom stereocenters. The Labute approximate surface area is 917 Å². The summed E-state index contributed by atoms with van der Waals surface area (Å²) in [5, 5.41) is 11.6. The molecule has 0 amide bonds. The van der Waals surface area contributed by atoms with Crippen LogP contribution >= 0.6 is 0 Å². The molecule has 8 aromatic heterocycles. The van der Waals surface area contributed by atoms with Crippen molar-refractivity contribution in [1.29, 1.82) is 0 Å². The number of hydrogen-bond acceptors (Lipinski definition) is 8. The van der Waals surface area contributed by atoms with Gasteiger partial charge in [-0.05, 0) is 129 Å². The summed E-state index contributed by atoms with van der Waals surface area (Å²) >= 11 is 0. The monoisotopic (exact) mass is 2720 g/mol. The molecule has 0 N–H and O–H groups in total. The number of hydrogen-bond donors (Lipinski definition) is 0. The Balaban J connectivity index is 0.000000285. The Morgan fingerprint density at radius 3 is 0.577 bits per heavy atom. The van der Waals surface area contributed by atoms with Crippen molar-refractivity contribution >= 4 is 106 Å². The van der Waals surface area contributed by atoms with E-state index in [0.717, 1.165) is 80.6 Å². The molecule has 0 aliphatic rings. The van der Waals surface area contributed by atoms with Gasteiger partial charge in [0.25, 0.3) is 0 Å². The molecule has 8 nitrogen and oxygen atoms in total. The molecule has 142 heavy (non-hydrogen) atoms. The minimum absolute atomic E-state index is 0. The van der Waals surface area contributed by atoms with Crippen molar-refractivity contribution in [3.8, 4) is 90.1 Å². The average Bonchev–Trinajstić information content (AvgIpc) is 0.792. The summed E-state index contributed by atoms with van der Waals surface area (Å²) in [5.41, 5.74) is 22.9. The van der Waals surface area contributed by atoms with Crippen molar-refractivity contribution in [3.63, 3.8) is 0 Å². The van der Waals surface area contributed by atoms with E-state index in [1.807, 2.05) is 170 Å². The summed E-state index contributed by atoms with van der Waals surface area (Å²) in [5.74, 6) is 1.33. The first-order valence-corrected chi connectivity index (χ1v) is 76.6. The summed E-state index contributed by atoms with van der Waals surface area (Å²) < 4.78 is 0. The van der Waals surface area contributed by atoms with Gasteiger partial charge in [-0.3, -0.25) is 0 Å². The fourth-order valence-corrected chi connectivity index (χ4v) is 29.0. The van der Waals surface area contributed by atoms with Crippen LogP contribution < -0.4 is 41.5 Å². The first kappa shape index (κ1) is 124. The van der Waals surface area contributed by atoms with Crippen molar-refractivity contribution in [2.24, 2.45) is 11.8 Å². The Bertz CT molecular complexity index is 5840. The fraction of sp³-hybridized carbons (Fsp3) is 0.279. The molecule has 8 heterocycles. The van der Waals surface area contributed by atoms with Crippen molar-refractivity contribution in [2.45, 2.75) is 212 Å². The number of benzene rings is 8. The maximum Gasteiger partial charge on any atom is 0.0798 e. The zero-order chi connectivity index (χ0) is 101. The minimum atomic E-state index is -1.34. The summed E-state index contributed by atoms with van der Waals surface area (Å²) in [4.78, 5) is 36.2. The molecule has 0 aliphatic carbocycles. The van der Waals surface area contributed by atoms with Crippen molar-refractivity contribution in [1.82, 2.24) is 39.9 Å². The molecular weight excluding hydrogens is 2570 g/mol. The van der Waals surface area contributed by atoms with Crippen LogP contribution in [0.3, 0.4) is 0 Å². The molecule has 0 atom stereocenters. The van der Waals surface area contributed by atoms with E-state index in [2.05, 4.69) is 433 Å². The van der Waals surface area contributed by atoms with Gasteiger partial charge in [-0.25, -0.2) is 0 Å². The molecule has 0 fully saturated rings. The SMILES string of the molecule is CC(C)Cc1cc(-c2[c-]cccc2)ncc1[Si](C)(C)C.CC(C)Cc1cc(-c2[c-]cccc2)ncc1[Si](C)(C)C.C[Si](C)(C)c1ccc[c-]c1-c1ccccn1.C[Si](C)(C)c1ccc[c-]c1-c1ccccn1.C[Si](C)(C)c1ccc[c-]c1-c1ccccn1.C[Si](C)(C)c1ccc[c-]c1-c1ccccn1.Cc1cc(-c2[c-]cccc2)ncc1[Si](C)(C)C.Cc1cc(-c2[c-]cccc2)ncc1[Si](C)(C)C.[Ir].[Ir].[Ir].[Ir]. The van der Waals surface area contributed by atoms with E-state index in [4.69, 9.17) is 0 Å². The topological polar surface area (TPSA) is 103 Å². The van der Waals surface area contributed by atoms with Gasteiger partial charge in [0.05, 0.1) is 32.3 Å². The van der Waals surface area contributed by atoms with E-state index in [9.17, 15) is 0 Å². The molecular formula is C122H148Ir4N8Si8-8. The molecule has 752 valence electrons. The van der Waals surface area contributed by atoms with Gasteiger partial charge in [-0.2, -0.15) is 0 Å². The van der Waals surface area contributed by atoms with Crippen LogP contribution in [-0.2, 0) is 93.3 Å². The molecule has 0 bridgehead atoms. The zero-order valence-corrected chi connectivity index (χ0v) is 107. The molecule has 8 aromatic carbocycles. The molecule has 4 radical (unpaired) electrons. The van der Waals surface area contributed by atoms with E-state index in [0.29, 0.717) is 11.8 Å². The smallest absolute Gasteiger partial charge is 0.0798 e. The maximum atomic E-state index is 4.69. The number of nitrogens with zero attached hydrogens (tertiary/aromatic N) is 8. The van der Waals surface area contributed by atoms with E-state index in [1.165, 1.54) is 86.0 Å². The average molecular weight is 2720 g/mol. The predicted molar refractivity (Wildman–Crippen MR) is 618 cm³/mol. The second-order valence-corrected chi connectivity index (χ2v) is 84.5. The quantitative estimate of drug-likeness (QED) is 0.0549. The van der Waals surface area contributed by atoms with Crippen LogP contribution in [0, 0.1) is 74.2 Å². The molecule has 16 aromatic rings. The molecule has 0 spiro atoms. The first-order chi connectivity index (χ1) is 65.1. The number of pyridine rings is 8. The Morgan fingerprint density at radius 2 is 0.401 bits per heavy atom. The van der Waals surface area contributed by atoms with Crippen LogP contribution in [0.4, 0.5) is 0 Å². The van der Waals surface area contributed by atoms with E-state index >= 15 is 0 Å². The van der Waals surface area contributed by atoms with Crippen molar-refractivity contribution < 1.29 is 80.4 Å². The molecule has 20 heteroatoms. The van der Waals surface area contributed by atoms with Crippen LogP contribution in [0.15, 0.2) is 316 Å². The predicted octanol–water partition coefficient (Wildman–Crippen LogP) is 27.8. The second kappa shape index (κ2) is 57.4. The van der Waals surface area contributed by atoms with Gasteiger partial charge in [-0.15, -0.1) is 284 Å². The molecule has 0 aliphatic heterocycles. The van der Waals surface area contributed by atoms with Crippen LogP contribution in [0.1, 0.15) is 49.9 Å². The van der Waals surface area contributed by atoms with Crippen LogP contribution in [-0.4, -0.2) is 104 Å². The fourth-order valence-electron chi connectivity index (χ4n) is 16.2. The Hall–Kier alpha value is -8.71. The largest absolute Gasteiger partial charge is 0.305 e. The van der Waals surface area contributed by atoms with Gasteiger partial charge < -0.3 is 39.9 Å². The summed E-state index contributed by atoms with van der Waals surface area (Å²) in [6.45, 7) is 70.1. The number of aryl methyl sites for hydroxylation is 2. The van der Waals surface area contributed by atoms with E-state index < -0.39 is 64.6 Å². The number of rotatable bonds is 20. The van der Waals surface area contributed by atoms with Crippen LogP contribution in [0.25, 0.3) is 90.1 Å². The molecule has 0 saturated heterocycles. The summed E-state index contributed by atoms with van der Waals surface area (Å²) in [6.07, 6.45) is 17.9. The van der Waals surface area contributed by atoms with E-state index in [-0.39, 0.29) is 80.4 Å². The van der Waals surface area contributed by atoms with Crippen molar-refractivity contribution in [3.05, 3.63) is 387 Å². The van der Waals surface area contributed by atoms with Gasteiger partial charge in [0.15, 0.2) is 0 Å². The summed E-state index contributed by atoms with van der Waals surface area (Å²) in [7, 11) is -10.6. The normalized spacial score (nSPS) is 11.3. The zero-order valence-electron chi connectivity index (χ0n) is 89.5. The first-order valence-electron chi connectivity index (χ1n) is 48.6. The third-order valence-corrected chi connectivity index (χ3v) is 39.5. The van der Waals surface area contributed by atoms with Crippen molar-refractivity contribution in [2.75, 3.05) is 0 Å².